The molecule has 0 aromatic heterocycles. The molecular weight excluding hydrogens is 274 g/mol. The Kier molecular flexibility index (Phi) is 5.30. The number of amides is 1. The highest BCUT2D eigenvalue weighted by molar-refractivity contribution is 7.92. The van der Waals surface area contributed by atoms with E-state index in [-0.39, 0.29) is 0 Å². The molecule has 0 aliphatic carbocycles. The van der Waals surface area contributed by atoms with Crippen LogP contribution in [0.3, 0.4) is 0 Å². The second kappa shape index (κ2) is 6.33. The molecule has 0 saturated carbocycles. The van der Waals surface area contributed by atoms with Crippen LogP contribution < -0.4 is 0 Å². The van der Waals surface area contributed by atoms with Crippen LogP contribution in [0.4, 0.5) is 0 Å². The Morgan fingerprint density at radius 1 is 1.26 bits per heavy atom. The van der Waals surface area contributed by atoms with Gasteiger partial charge in [-0.1, -0.05) is 6.92 Å². The Morgan fingerprint density at radius 3 is 2.26 bits per heavy atom. The van der Waals surface area contributed by atoms with Gasteiger partial charge in [0.15, 0.2) is 9.84 Å². The van der Waals surface area contributed by atoms with Crippen LogP contribution >= 0.6 is 0 Å². The zero-order chi connectivity index (χ0) is 14.6. The van der Waals surface area contributed by atoms with Crippen molar-refractivity contribution in [1.29, 1.82) is 0 Å². The molecule has 110 valence electrons. The van der Waals surface area contributed by atoms with E-state index >= 15 is 0 Å². The Balaban J connectivity index is 2.71. The smallest absolute Gasteiger partial charge is 0.307 e. The normalized spacial score (nSPS) is 19.8. The molecule has 19 heavy (non-hydrogen) atoms. The van der Waals surface area contributed by atoms with E-state index in [1.807, 2.05) is 0 Å². The van der Waals surface area contributed by atoms with Gasteiger partial charge in [-0.3, -0.25) is 9.59 Å². The molecule has 0 bridgehead atoms. The van der Waals surface area contributed by atoms with Crippen molar-refractivity contribution in [2.75, 3.05) is 32.1 Å². The van der Waals surface area contributed by atoms with Gasteiger partial charge in [-0.15, -0.1) is 0 Å². The van der Waals surface area contributed by atoms with Gasteiger partial charge in [-0.25, -0.2) is 8.42 Å². The van der Waals surface area contributed by atoms with E-state index in [0.717, 1.165) is 0 Å². The highest BCUT2D eigenvalue weighted by Crippen LogP contribution is 2.12. The van der Waals surface area contributed by atoms with Crippen LogP contribution in [0.5, 0.6) is 0 Å². The highest BCUT2D eigenvalue weighted by Gasteiger charge is 2.34. The SMILES string of the molecule is CC(CS(=O)(=O)C(C)C(=O)N1CCOCC1)C(=O)O. The van der Waals surface area contributed by atoms with Crippen molar-refractivity contribution in [2.24, 2.45) is 5.92 Å². The molecule has 0 spiro atoms. The van der Waals surface area contributed by atoms with Crippen molar-refractivity contribution in [2.45, 2.75) is 19.1 Å². The van der Waals surface area contributed by atoms with Crippen molar-refractivity contribution in [3.05, 3.63) is 0 Å². The van der Waals surface area contributed by atoms with E-state index < -0.39 is 38.6 Å². The summed E-state index contributed by atoms with van der Waals surface area (Å²) in [4.78, 5) is 24.2. The summed E-state index contributed by atoms with van der Waals surface area (Å²) in [5, 5.41) is 7.52. The summed E-state index contributed by atoms with van der Waals surface area (Å²) in [7, 11) is -3.77. The number of carboxylic acid groups (broad SMARTS) is 1. The number of ether oxygens (including phenoxy) is 1. The zero-order valence-electron chi connectivity index (χ0n) is 11.0. The van der Waals surface area contributed by atoms with E-state index in [1.165, 1.54) is 18.7 Å². The molecule has 1 heterocycles. The zero-order valence-corrected chi connectivity index (χ0v) is 11.9. The van der Waals surface area contributed by atoms with Crippen molar-refractivity contribution in [3.8, 4) is 0 Å². The van der Waals surface area contributed by atoms with Gasteiger partial charge in [0, 0.05) is 13.1 Å². The van der Waals surface area contributed by atoms with Gasteiger partial charge in [0.25, 0.3) is 0 Å². The second-order valence-electron chi connectivity index (χ2n) is 4.65. The number of rotatable bonds is 5. The van der Waals surface area contributed by atoms with Crippen molar-refractivity contribution in [1.82, 2.24) is 4.90 Å². The molecule has 1 aliphatic rings. The summed E-state index contributed by atoms with van der Waals surface area (Å²) < 4.78 is 29.1. The number of morpholine rings is 1. The summed E-state index contributed by atoms with van der Waals surface area (Å²) in [6.07, 6.45) is 0. The molecule has 1 aliphatic heterocycles. The first-order valence-corrected chi connectivity index (χ1v) is 7.78. The monoisotopic (exact) mass is 293 g/mol. The van der Waals surface area contributed by atoms with E-state index in [2.05, 4.69) is 0 Å². The van der Waals surface area contributed by atoms with Gasteiger partial charge in [-0.05, 0) is 6.92 Å². The van der Waals surface area contributed by atoms with Gasteiger partial charge >= 0.3 is 5.97 Å². The van der Waals surface area contributed by atoms with Crippen LogP contribution in [0.15, 0.2) is 0 Å². The Hall–Kier alpha value is -1.15. The summed E-state index contributed by atoms with van der Waals surface area (Å²) in [5.74, 6) is -3.22. The predicted octanol–water partition coefficient (Wildman–Crippen LogP) is -0.631. The maximum atomic E-state index is 12.0. The fraction of sp³-hybridized carbons (Fsp3) is 0.818. The average molecular weight is 293 g/mol. The van der Waals surface area contributed by atoms with Crippen LogP contribution in [-0.4, -0.2) is 67.6 Å². The van der Waals surface area contributed by atoms with Crippen LogP contribution in [0.2, 0.25) is 0 Å². The third-order valence-electron chi connectivity index (χ3n) is 3.11. The van der Waals surface area contributed by atoms with Gasteiger partial charge in [0.1, 0.15) is 5.25 Å². The van der Waals surface area contributed by atoms with Crippen molar-refractivity contribution < 1.29 is 27.9 Å². The topological polar surface area (TPSA) is 101 Å². The van der Waals surface area contributed by atoms with E-state index in [9.17, 15) is 18.0 Å². The number of hydrogen-bond acceptors (Lipinski definition) is 5. The average Bonchev–Trinajstić information content (AvgIpc) is 2.37. The molecule has 2 unspecified atom stereocenters. The van der Waals surface area contributed by atoms with Crippen LogP contribution in [0.25, 0.3) is 0 Å². The lowest BCUT2D eigenvalue weighted by Gasteiger charge is -2.29. The molecule has 0 aromatic carbocycles. The molecular formula is C11H19NO6S. The molecule has 1 rings (SSSR count). The lowest BCUT2D eigenvalue weighted by atomic mass is 10.2. The number of carbonyl (C=O) groups is 2. The van der Waals surface area contributed by atoms with E-state index in [1.54, 1.807) is 0 Å². The quantitative estimate of drug-likeness (QED) is 0.724. The van der Waals surface area contributed by atoms with Gasteiger partial charge in [-0.2, -0.15) is 0 Å². The molecule has 1 fully saturated rings. The first-order valence-electron chi connectivity index (χ1n) is 6.06. The Morgan fingerprint density at radius 2 is 1.79 bits per heavy atom. The maximum absolute atomic E-state index is 12.0. The fourth-order valence-corrected chi connectivity index (χ4v) is 3.34. The number of carboxylic acids is 1. The number of hydrogen-bond donors (Lipinski definition) is 1. The van der Waals surface area contributed by atoms with Crippen LogP contribution in [0, 0.1) is 5.92 Å². The Bertz CT molecular complexity index is 440. The summed E-state index contributed by atoms with van der Waals surface area (Å²) >= 11 is 0. The Labute approximate surface area is 112 Å². The molecule has 8 heteroatoms. The molecule has 1 N–H and O–H groups in total. The largest absolute Gasteiger partial charge is 0.481 e. The lowest BCUT2D eigenvalue weighted by Crippen LogP contribution is -2.47. The molecule has 1 saturated heterocycles. The number of carbonyl (C=O) groups excluding carboxylic acids is 1. The maximum Gasteiger partial charge on any atom is 0.307 e. The van der Waals surface area contributed by atoms with Gasteiger partial charge < -0.3 is 14.7 Å². The predicted molar refractivity (Wildman–Crippen MR) is 67.4 cm³/mol. The molecule has 2 atom stereocenters. The summed E-state index contributed by atoms with van der Waals surface area (Å²) in [6.45, 7) is 4.14. The van der Waals surface area contributed by atoms with Gasteiger partial charge in [0.05, 0.1) is 24.9 Å². The minimum Gasteiger partial charge on any atom is -0.481 e. The third kappa shape index (κ3) is 4.17. The molecule has 0 radical (unpaired) electrons. The minimum atomic E-state index is -3.77. The minimum absolute atomic E-state index is 0.368. The van der Waals surface area contributed by atoms with E-state index in [0.29, 0.717) is 26.3 Å². The number of aliphatic carboxylic acids is 1. The highest BCUT2D eigenvalue weighted by atomic mass is 32.2. The molecule has 7 nitrogen and oxygen atoms in total. The summed E-state index contributed by atoms with van der Waals surface area (Å²) in [5.41, 5.74) is 0. The molecule has 1 amide bonds. The third-order valence-corrected chi connectivity index (χ3v) is 5.36. The second-order valence-corrected chi connectivity index (χ2v) is 7.01. The molecule has 0 aromatic rings. The first-order chi connectivity index (χ1) is 8.75. The first kappa shape index (κ1) is 15.9. The van der Waals surface area contributed by atoms with Crippen molar-refractivity contribution in [3.63, 3.8) is 0 Å². The lowest BCUT2D eigenvalue weighted by molar-refractivity contribution is -0.140. The van der Waals surface area contributed by atoms with Crippen molar-refractivity contribution >= 4 is 21.7 Å². The summed E-state index contributed by atoms with van der Waals surface area (Å²) in [6, 6.07) is 0. The standard InChI is InChI=1S/C11H19NO6S/c1-8(11(14)15)7-19(16,17)9(2)10(13)12-3-5-18-6-4-12/h8-9H,3-7H2,1-2H3,(H,14,15). The van der Waals surface area contributed by atoms with Gasteiger partial charge in [0.2, 0.25) is 5.91 Å². The number of sulfone groups is 1. The van der Waals surface area contributed by atoms with Crippen LogP contribution in [0.1, 0.15) is 13.8 Å². The van der Waals surface area contributed by atoms with Crippen LogP contribution in [-0.2, 0) is 24.2 Å². The van der Waals surface area contributed by atoms with E-state index in [4.69, 9.17) is 9.84 Å². The number of nitrogens with zero attached hydrogens (tertiary/aromatic N) is 1. The fourth-order valence-electron chi connectivity index (χ4n) is 1.76.